The average molecular weight is 791 g/mol. The molecule has 3 aliphatic heterocycles. The number of aromatic nitrogens is 1. The van der Waals surface area contributed by atoms with Gasteiger partial charge in [-0.25, -0.2) is 13.4 Å². The third-order valence-electron chi connectivity index (χ3n) is 12.9. The van der Waals surface area contributed by atoms with Crippen LogP contribution in [0, 0.1) is 11.8 Å². The van der Waals surface area contributed by atoms with Crippen LogP contribution in [-0.2, 0) is 40.4 Å². The molecule has 0 radical (unpaired) electrons. The second-order valence-corrected chi connectivity index (χ2v) is 19.8. The fourth-order valence-electron chi connectivity index (χ4n) is 8.94. The predicted octanol–water partition coefficient (Wildman–Crippen LogP) is 5.14. The number of methoxy groups -OCH3 is 1. The van der Waals surface area contributed by atoms with Gasteiger partial charge in [0.2, 0.25) is 21.8 Å². The number of hydrogen-bond donors (Lipinski definition) is 2. The summed E-state index contributed by atoms with van der Waals surface area (Å²) < 4.78 is 45.9. The van der Waals surface area contributed by atoms with E-state index in [1.54, 1.807) is 32.8 Å². The van der Waals surface area contributed by atoms with E-state index in [0.29, 0.717) is 50.0 Å². The normalized spacial score (nSPS) is 30.5. The first kappa shape index (κ1) is 38.7. The lowest BCUT2D eigenvalue weighted by Crippen LogP contribution is -2.57. The summed E-state index contributed by atoms with van der Waals surface area (Å²) in [6.07, 6.45) is 11.4. The van der Waals surface area contributed by atoms with Gasteiger partial charge in [0.15, 0.2) is 0 Å². The molecule has 8 rings (SSSR count). The van der Waals surface area contributed by atoms with Gasteiger partial charge in [-0.05, 0) is 103 Å². The van der Waals surface area contributed by atoms with Crippen molar-refractivity contribution in [2.24, 2.45) is 11.8 Å². The number of aryl methyl sites for hydroxylation is 1. The monoisotopic (exact) mass is 790 g/mol. The van der Waals surface area contributed by atoms with Gasteiger partial charge in [-0.15, -0.1) is 0 Å². The van der Waals surface area contributed by atoms with E-state index in [4.69, 9.17) is 19.2 Å². The fraction of sp³-hybridized carbons (Fsp3) is 0.643. The minimum Gasteiger partial charge on any atom is -0.497 e. The Morgan fingerprint density at radius 1 is 1.09 bits per heavy atom. The molecule has 4 heterocycles. The van der Waals surface area contributed by atoms with Crippen molar-refractivity contribution in [2.45, 2.75) is 145 Å². The molecule has 56 heavy (non-hydrogen) atoms. The van der Waals surface area contributed by atoms with Crippen LogP contribution in [-0.4, -0.2) is 83.7 Å². The average Bonchev–Trinajstić information content (AvgIpc) is 4.09. The van der Waals surface area contributed by atoms with E-state index < -0.39 is 61.6 Å². The summed E-state index contributed by atoms with van der Waals surface area (Å²) in [6, 6.07) is 4.80. The zero-order chi connectivity index (χ0) is 39.6. The van der Waals surface area contributed by atoms with Gasteiger partial charge in [-0.2, -0.15) is 0 Å². The lowest BCUT2D eigenvalue weighted by molar-refractivity contribution is -0.153. The first-order chi connectivity index (χ1) is 26.7. The van der Waals surface area contributed by atoms with Crippen molar-refractivity contribution in [2.75, 3.05) is 13.7 Å². The molecule has 2 aromatic rings. The number of hydrogen-bond acceptors (Lipinski definition) is 10. The first-order valence-electron chi connectivity index (χ1n) is 20.4. The predicted molar refractivity (Wildman–Crippen MR) is 207 cm³/mol. The quantitative estimate of drug-likeness (QED) is 0.270. The molecular weight excluding hydrogens is 737 g/mol. The van der Waals surface area contributed by atoms with Crippen LogP contribution >= 0.6 is 0 Å². The summed E-state index contributed by atoms with van der Waals surface area (Å²) in [5, 5.41) is 3.93. The van der Waals surface area contributed by atoms with Gasteiger partial charge in [0.05, 0.1) is 42.1 Å². The van der Waals surface area contributed by atoms with Crippen LogP contribution in [0.2, 0.25) is 0 Å². The first-order valence-corrected chi connectivity index (χ1v) is 21.9. The van der Waals surface area contributed by atoms with E-state index in [0.717, 1.165) is 54.3 Å². The van der Waals surface area contributed by atoms with Gasteiger partial charge in [0, 0.05) is 35.1 Å². The molecule has 0 unspecified atom stereocenters. The van der Waals surface area contributed by atoms with E-state index in [2.05, 4.69) is 10.0 Å². The van der Waals surface area contributed by atoms with Crippen LogP contribution < -0.4 is 19.5 Å². The fourth-order valence-corrected chi connectivity index (χ4v) is 10.3. The zero-order valence-electron chi connectivity index (χ0n) is 32.9. The number of ether oxygens (including phenoxy) is 3. The Hall–Kier alpha value is -4.20. The maximum Gasteiger partial charge on any atom is 0.306 e. The van der Waals surface area contributed by atoms with E-state index in [-0.39, 0.29) is 43.7 Å². The summed E-state index contributed by atoms with van der Waals surface area (Å²) in [6.45, 7) is 5.25. The molecule has 1 saturated heterocycles. The number of fused-ring (bicyclic) bond motifs is 5. The Morgan fingerprint density at radius 2 is 1.88 bits per heavy atom. The topological polar surface area (TPSA) is 170 Å². The van der Waals surface area contributed by atoms with Gasteiger partial charge in [0.1, 0.15) is 28.7 Å². The van der Waals surface area contributed by atoms with Gasteiger partial charge >= 0.3 is 5.97 Å². The molecule has 6 aliphatic rings. The van der Waals surface area contributed by atoms with Crippen molar-refractivity contribution in [3.05, 3.63) is 41.6 Å². The molecule has 4 fully saturated rings. The molecule has 302 valence electrons. The standard InChI is InChI=1S/C42H54N4O9S/c1-25(2)54-34(47)20-27-10-8-6-5-7-9-11-28-22-42(28,39(50)45-56(51,52)40(3)18-19-40)44-37(48)33-23-41(24-46(33)38(27)49)17-16-30-31-21-29(53-4)14-15-32(31)43-35(26-12-13-26)36(30)55-41/h9,11,14-15,21,25-28,33H,5-8,10,12-13,16-20,22-24H2,1-4H3,(H,44,48)(H,45,50)/b11-9-/t27-,28-,33+,41-,42-/m1/s1. The number of carbonyl (C=O) groups excluding carboxylic acids is 4. The highest BCUT2D eigenvalue weighted by Crippen LogP contribution is 2.52. The maximum atomic E-state index is 14.8. The summed E-state index contributed by atoms with van der Waals surface area (Å²) >= 11 is 0. The number of esters is 1. The van der Waals surface area contributed by atoms with E-state index >= 15 is 0 Å². The molecule has 13 nitrogen and oxygen atoms in total. The third kappa shape index (κ3) is 7.26. The van der Waals surface area contributed by atoms with Crippen LogP contribution in [0.1, 0.15) is 121 Å². The Kier molecular flexibility index (Phi) is 9.89. The minimum absolute atomic E-state index is 0.106. The molecule has 3 saturated carbocycles. The molecule has 5 atom stereocenters. The van der Waals surface area contributed by atoms with E-state index in [1.807, 2.05) is 30.4 Å². The molecule has 0 bridgehead atoms. The molecular formula is C42H54N4O9S. The molecule has 1 spiro atoms. The second kappa shape index (κ2) is 14.3. The minimum atomic E-state index is -3.98. The van der Waals surface area contributed by atoms with Crippen LogP contribution in [0.5, 0.6) is 11.5 Å². The van der Waals surface area contributed by atoms with Crippen molar-refractivity contribution >= 4 is 44.6 Å². The molecule has 2 N–H and O–H groups in total. The summed E-state index contributed by atoms with van der Waals surface area (Å²) in [7, 11) is -2.35. The number of nitrogens with one attached hydrogen (secondary N) is 2. The maximum absolute atomic E-state index is 14.8. The summed E-state index contributed by atoms with van der Waals surface area (Å²) in [5.74, 6) is -1.57. The SMILES string of the molecule is COc1ccc2nc(C3CC3)c3c(c2c1)CC[C@]1(C[C@H]2C(=O)N[C@]4(C(=O)NS(=O)(=O)C5(C)CC5)C[C@H]4/C=C\CCCCC[C@H](CC(=O)OC(C)C)C(=O)N2C1)O3. The molecule has 1 aromatic carbocycles. The number of rotatable bonds is 8. The van der Waals surface area contributed by atoms with Crippen LogP contribution in [0.4, 0.5) is 0 Å². The zero-order valence-corrected chi connectivity index (χ0v) is 33.7. The number of nitrogens with zero attached hydrogens (tertiary/aromatic N) is 2. The van der Waals surface area contributed by atoms with Gasteiger partial charge in [-0.3, -0.25) is 23.9 Å². The molecule has 14 heteroatoms. The highest BCUT2D eigenvalue weighted by atomic mass is 32.2. The van der Waals surface area contributed by atoms with Crippen molar-refractivity contribution in [1.82, 2.24) is 19.9 Å². The van der Waals surface area contributed by atoms with Gasteiger partial charge in [0.25, 0.3) is 5.91 Å². The van der Waals surface area contributed by atoms with Crippen LogP contribution in [0.25, 0.3) is 10.9 Å². The smallest absolute Gasteiger partial charge is 0.306 e. The Bertz CT molecular complexity index is 2090. The van der Waals surface area contributed by atoms with Crippen LogP contribution in [0.15, 0.2) is 30.4 Å². The summed E-state index contributed by atoms with van der Waals surface area (Å²) in [5.41, 5.74) is 0.354. The van der Waals surface area contributed by atoms with E-state index in [9.17, 15) is 27.6 Å². The number of pyridine rings is 1. The second-order valence-electron chi connectivity index (χ2n) is 17.6. The van der Waals surface area contributed by atoms with Crippen molar-refractivity contribution < 1.29 is 41.8 Å². The van der Waals surface area contributed by atoms with Gasteiger partial charge in [-0.1, -0.05) is 25.0 Å². The highest BCUT2D eigenvalue weighted by molar-refractivity contribution is 7.91. The van der Waals surface area contributed by atoms with Crippen molar-refractivity contribution in [1.29, 1.82) is 0 Å². The number of benzene rings is 1. The molecule has 3 aliphatic carbocycles. The third-order valence-corrected chi connectivity index (χ3v) is 15.1. The number of allylic oxidation sites excluding steroid dienone is 1. The Balaban J connectivity index is 1.15. The summed E-state index contributed by atoms with van der Waals surface area (Å²) in [4.78, 5) is 63.3. The number of amides is 3. The van der Waals surface area contributed by atoms with Gasteiger partial charge < -0.3 is 24.4 Å². The van der Waals surface area contributed by atoms with Crippen LogP contribution in [0.3, 0.4) is 0 Å². The Labute approximate surface area is 328 Å². The van der Waals surface area contributed by atoms with E-state index in [1.165, 1.54) is 0 Å². The van der Waals surface area contributed by atoms with Crippen molar-refractivity contribution in [3.63, 3.8) is 0 Å². The number of sulfonamides is 1. The van der Waals surface area contributed by atoms with Crippen molar-refractivity contribution in [3.8, 4) is 11.5 Å². The largest absolute Gasteiger partial charge is 0.497 e. The molecule has 3 amide bonds. The molecule has 1 aromatic heterocycles. The lowest BCUT2D eigenvalue weighted by Gasteiger charge is -2.37. The lowest BCUT2D eigenvalue weighted by atomic mass is 9.86. The Morgan fingerprint density at radius 3 is 2.59 bits per heavy atom. The number of carbonyl (C=O) groups is 4. The highest BCUT2D eigenvalue weighted by Gasteiger charge is 2.64.